The molecule has 4 nitrogen and oxygen atoms in total. The van der Waals surface area contributed by atoms with Gasteiger partial charge in [-0.1, -0.05) is 24.3 Å². The van der Waals surface area contributed by atoms with Gasteiger partial charge in [0.25, 0.3) is 0 Å². The summed E-state index contributed by atoms with van der Waals surface area (Å²) in [4.78, 5) is 6.89. The van der Waals surface area contributed by atoms with Gasteiger partial charge in [-0.3, -0.25) is 4.99 Å². The summed E-state index contributed by atoms with van der Waals surface area (Å²) in [5.74, 6) is -0.409. The molecule has 0 aliphatic rings. The van der Waals surface area contributed by atoms with Crippen LogP contribution in [-0.4, -0.2) is 22.7 Å². The van der Waals surface area contributed by atoms with Crippen molar-refractivity contribution >= 4 is 22.8 Å². The van der Waals surface area contributed by atoms with Crippen molar-refractivity contribution in [3.63, 3.8) is 0 Å². The maximum absolute atomic E-state index is 12.2. The van der Waals surface area contributed by atoms with Crippen molar-refractivity contribution in [1.29, 1.82) is 0 Å². The lowest BCUT2D eigenvalue weighted by molar-refractivity contribution is -0.274. The number of hydrogen-bond acceptors (Lipinski definition) is 3. The minimum atomic E-state index is -4.75. The molecule has 7 heteroatoms. The Bertz CT molecular complexity index is 869. The summed E-state index contributed by atoms with van der Waals surface area (Å²) in [6.45, 7) is 0. The first kappa shape index (κ1) is 15.0. The second-order valence-corrected chi connectivity index (χ2v) is 4.74. The minimum absolute atomic E-state index is 0.0577. The van der Waals surface area contributed by atoms with Gasteiger partial charge in [-0.05, 0) is 18.2 Å². The molecule has 3 aromatic rings. The van der Waals surface area contributed by atoms with E-state index >= 15 is 0 Å². The second-order valence-electron chi connectivity index (χ2n) is 4.74. The number of benzene rings is 2. The van der Waals surface area contributed by atoms with Crippen LogP contribution in [0.3, 0.4) is 0 Å². The predicted molar refractivity (Wildman–Crippen MR) is 80.3 cm³/mol. The van der Waals surface area contributed by atoms with E-state index in [-0.39, 0.29) is 17.3 Å². The summed E-state index contributed by atoms with van der Waals surface area (Å²) < 4.78 is 40.5. The first-order valence-corrected chi connectivity index (χ1v) is 6.62. The number of fused-ring (bicyclic) bond motifs is 1. The second kappa shape index (κ2) is 5.68. The summed E-state index contributed by atoms with van der Waals surface area (Å²) in [6.07, 6.45) is -3.36. The van der Waals surface area contributed by atoms with Crippen LogP contribution in [0.15, 0.2) is 53.5 Å². The zero-order chi connectivity index (χ0) is 16.4. The number of nitrogens with one attached hydrogen (secondary N) is 1. The highest BCUT2D eigenvalue weighted by Gasteiger charge is 2.31. The van der Waals surface area contributed by atoms with Crippen molar-refractivity contribution in [3.05, 3.63) is 54.1 Å². The first-order valence-electron chi connectivity index (χ1n) is 6.62. The standard InChI is InChI=1S/C16H11F3N2O2/c17-16(18,19)23-11-5-3-4-10(8-11)20-9-13-12-6-1-2-7-14(12)21-15(13)22/h1-9,21-22H. The average molecular weight is 320 g/mol. The Hall–Kier alpha value is -2.96. The zero-order valence-corrected chi connectivity index (χ0v) is 11.6. The summed E-state index contributed by atoms with van der Waals surface area (Å²) >= 11 is 0. The molecule has 0 aliphatic carbocycles. The van der Waals surface area contributed by atoms with Gasteiger partial charge in [0.1, 0.15) is 5.75 Å². The van der Waals surface area contributed by atoms with E-state index in [1.54, 1.807) is 12.1 Å². The maximum atomic E-state index is 12.2. The van der Waals surface area contributed by atoms with Gasteiger partial charge in [-0.25, -0.2) is 0 Å². The molecule has 0 amide bonds. The van der Waals surface area contributed by atoms with Gasteiger partial charge < -0.3 is 14.8 Å². The summed E-state index contributed by atoms with van der Waals surface area (Å²) in [5.41, 5.74) is 1.47. The Morgan fingerprint density at radius 3 is 2.65 bits per heavy atom. The van der Waals surface area contributed by atoms with Gasteiger partial charge in [-0.15, -0.1) is 13.2 Å². The number of nitrogens with zero attached hydrogens (tertiary/aromatic N) is 1. The third-order valence-corrected chi connectivity index (χ3v) is 3.12. The summed E-state index contributed by atoms with van der Waals surface area (Å²) in [7, 11) is 0. The van der Waals surface area contributed by atoms with Crippen LogP contribution in [0.1, 0.15) is 5.56 Å². The Kier molecular flexibility index (Phi) is 3.69. The van der Waals surface area contributed by atoms with E-state index < -0.39 is 6.36 Å². The van der Waals surface area contributed by atoms with Gasteiger partial charge >= 0.3 is 6.36 Å². The van der Waals surface area contributed by atoms with E-state index in [1.807, 2.05) is 12.1 Å². The van der Waals surface area contributed by atoms with Crippen molar-refractivity contribution in [1.82, 2.24) is 4.98 Å². The molecule has 3 rings (SSSR count). The highest BCUT2D eigenvalue weighted by Crippen LogP contribution is 2.28. The van der Waals surface area contributed by atoms with Crippen molar-refractivity contribution in [2.24, 2.45) is 4.99 Å². The molecule has 23 heavy (non-hydrogen) atoms. The minimum Gasteiger partial charge on any atom is -0.494 e. The number of aliphatic imine (C=N–C) groups is 1. The number of halogens is 3. The number of aromatic hydroxyl groups is 1. The molecular formula is C16H11F3N2O2. The van der Waals surface area contributed by atoms with E-state index in [4.69, 9.17) is 0 Å². The molecule has 2 N–H and O–H groups in total. The monoisotopic (exact) mass is 320 g/mol. The van der Waals surface area contributed by atoms with Gasteiger partial charge in [0.05, 0.1) is 11.3 Å². The van der Waals surface area contributed by atoms with E-state index in [0.717, 1.165) is 17.0 Å². The third-order valence-electron chi connectivity index (χ3n) is 3.12. The molecular weight excluding hydrogens is 309 g/mol. The molecule has 0 saturated carbocycles. The number of rotatable bonds is 3. The quantitative estimate of drug-likeness (QED) is 0.697. The lowest BCUT2D eigenvalue weighted by Gasteiger charge is -2.08. The molecule has 2 aromatic carbocycles. The largest absolute Gasteiger partial charge is 0.573 e. The molecule has 0 radical (unpaired) electrons. The van der Waals surface area contributed by atoms with Crippen LogP contribution in [0.4, 0.5) is 18.9 Å². The van der Waals surface area contributed by atoms with Crippen molar-refractivity contribution in [2.45, 2.75) is 6.36 Å². The van der Waals surface area contributed by atoms with Gasteiger partial charge in [0.15, 0.2) is 5.88 Å². The number of aromatic nitrogens is 1. The van der Waals surface area contributed by atoms with Crippen LogP contribution in [0, 0.1) is 0 Å². The third kappa shape index (κ3) is 3.45. The SMILES string of the molecule is Oc1[nH]c2ccccc2c1C=Nc1cccc(OC(F)(F)F)c1. The fourth-order valence-electron chi connectivity index (χ4n) is 2.18. The van der Waals surface area contributed by atoms with Crippen LogP contribution < -0.4 is 4.74 Å². The van der Waals surface area contributed by atoms with E-state index in [1.165, 1.54) is 24.4 Å². The highest BCUT2D eigenvalue weighted by atomic mass is 19.4. The molecule has 0 fully saturated rings. The number of ether oxygens (including phenoxy) is 1. The molecule has 1 aromatic heterocycles. The highest BCUT2D eigenvalue weighted by molar-refractivity contribution is 6.02. The Balaban J connectivity index is 1.90. The summed E-state index contributed by atoms with van der Waals surface area (Å²) in [6, 6.07) is 12.5. The van der Waals surface area contributed by atoms with E-state index in [9.17, 15) is 18.3 Å². The predicted octanol–water partition coefficient (Wildman–Crippen LogP) is 4.52. The number of H-pyrrole nitrogens is 1. The topological polar surface area (TPSA) is 57.6 Å². The van der Waals surface area contributed by atoms with Gasteiger partial charge in [0, 0.05) is 23.2 Å². The van der Waals surface area contributed by atoms with E-state index in [0.29, 0.717) is 5.56 Å². The Morgan fingerprint density at radius 1 is 1.09 bits per heavy atom. The molecule has 0 aliphatic heterocycles. The molecule has 1 heterocycles. The molecule has 0 unspecified atom stereocenters. The van der Waals surface area contributed by atoms with Crippen LogP contribution in [0.2, 0.25) is 0 Å². The van der Waals surface area contributed by atoms with E-state index in [2.05, 4.69) is 14.7 Å². The molecule has 0 spiro atoms. The Labute approximate surface area is 128 Å². The van der Waals surface area contributed by atoms with Gasteiger partial charge in [-0.2, -0.15) is 0 Å². The molecule has 118 valence electrons. The normalized spacial score (nSPS) is 12.1. The molecule has 0 atom stereocenters. The van der Waals surface area contributed by atoms with Crippen LogP contribution in [-0.2, 0) is 0 Å². The molecule has 0 bridgehead atoms. The van der Waals surface area contributed by atoms with Crippen LogP contribution >= 0.6 is 0 Å². The lowest BCUT2D eigenvalue weighted by Crippen LogP contribution is -2.16. The van der Waals surface area contributed by atoms with Crippen molar-refractivity contribution in [2.75, 3.05) is 0 Å². The number of para-hydroxylation sites is 1. The number of hydrogen-bond donors (Lipinski definition) is 2. The maximum Gasteiger partial charge on any atom is 0.573 e. The number of alkyl halides is 3. The Morgan fingerprint density at radius 2 is 1.87 bits per heavy atom. The summed E-state index contributed by atoms with van der Waals surface area (Å²) in [5, 5.41) is 10.7. The van der Waals surface area contributed by atoms with Gasteiger partial charge in [0.2, 0.25) is 0 Å². The van der Waals surface area contributed by atoms with Crippen molar-refractivity contribution < 1.29 is 23.0 Å². The fraction of sp³-hybridized carbons (Fsp3) is 0.0625. The lowest BCUT2D eigenvalue weighted by atomic mass is 10.2. The van der Waals surface area contributed by atoms with Crippen LogP contribution in [0.25, 0.3) is 10.9 Å². The van der Waals surface area contributed by atoms with Crippen molar-refractivity contribution in [3.8, 4) is 11.6 Å². The molecule has 0 saturated heterocycles. The van der Waals surface area contributed by atoms with Crippen LogP contribution in [0.5, 0.6) is 11.6 Å². The number of aromatic amines is 1. The fourth-order valence-corrected chi connectivity index (χ4v) is 2.18. The average Bonchev–Trinajstić information content (AvgIpc) is 2.79. The zero-order valence-electron chi connectivity index (χ0n) is 11.6. The smallest absolute Gasteiger partial charge is 0.494 e. The first-order chi connectivity index (χ1) is 10.9.